The van der Waals surface area contributed by atoms with E-state index < -0.39 is 6.04 Å². The number of hydrogen-bond donors (Lipinski definition) is 4. The van der Waals surface area contributed by atoms with Gasteiger partial charge in [0.25, 0.3) is 0 Å². The zero-order valence-electron chi connectivity index (χ0n) is 23.5. The lowest BCUT2D eigenvalue weighted by Crippen LogP contribution is -2.45. The number of fused-ring (bicyclic) bond motifs is 1. The third-order valence-corrected chi connectivity index (χ3v) is 6.44. The van der Waals surface area contributed by atoms with Gasteiger partial charge in [0.15, 0.2) is 0 Å². The van der Waals surface area contributed by atoms with Crippen molar-refractivity contribution in [2.75, 3.05) is 44.9 Å². The normalized spacial score (nSPS) is 13.6. The molecule has 11 nitrogen and oxygen atoms in total. The van der Waals surface area contributed by atoms with Crippen LogP contribution in [-0.4, -0.2) is 88.1 Å². The summed E-state index contributed by atoms with van der Waals surface area (Å²) in [5.41, 5.74) is 2.53. The summed E-state index contributed by atoms with van der Waals surface area (Å²) < 4.78 is 0. The smallest absolute Gasteiger partial charge is 0.246 e. The van der Waals surface area contributed by atoms with Crippen LogP contribution in [0.4, 0.5) is 17.5 Å². The molecule has 2 aromatic heterocycles. The minimum atomic E-state index is -0.565. The second kappa shape index (κ2) is 13.6. The molecule has 1 atom stereocenters. The Hall–Kier alpha value is -4.43. The fraction of sp³-hybridized carbons (Fsp3) is 0.414. The highest BCUT2D eigenvalue weighted by Crippen LogP contribution is 2.26. The monoisotopic (exact) mass is 543 g/mol. The van der Waals surface area contributed by atoms with Crippen LogP contribution in [0.1, 0.15) is 38.2 Å². The Balaban J connectivity index is 1.27. The maximum atomic E-state index is 12.5. The molecule has 1 saturated carbocycles. The number of unbranched alkanes of at least 4 members (excludes halogenated alkanes) is 1. The first-order chi connectivity index (χ1) is 19.3. The molecular weight excluding hydrogens is 506 g/mol. The van der Waals surface area contributed by atoms with Crippen molar-refractivity contribution >= 4 is 40.2 Å². The number of carbonyl (C=O) groups excluding carboxylic acids is 2. The summed E-state index contributed by atoms with van der Waals surface area (Å²) in [5.74, 6) is 7.15. The number of nitrogens with one attached hydrogen (secondary N) is 4. The number of anilines is 3. The van der Waals surface area contributed by atoms with E-state index >= 15 is 0 Å². The van der Waals surface area contributed by atoms with Crippen LogP contribution in [0, 0.1) is 11.8 Å². The zero-order valence-corrected chi connectivity index (χ0v) is 23.5. The van der Waals surface area contributed by atoms with E-state index in [0.717, 1.165) is 35.0 Å². The number of likely N-dealkylation sites (N-methyl/N-ethyl adjacent to an activating group) is 2. The number of aromatic nitrogens is 4. The summed E-state index contributed by atoms with van der Waals surface area (Å²) in [7, 11) is 5.48. The zero-order chi connectivity index (χ0) is 28.5. The van der Waals surface area contributed by atoms with Crippen LogP contribution in [0.15, 0.2) is 42.7 Å². The molecule has 0 saturated heterocycles. The van der Waals surface area contributed by atoms with Crippen molar-refractivity contribution in [3.05, 3.63) is 48.3 Å². The van der Waals surface area contributed by atoms with Crippen molar-refractivity contribution in [2.45, 2.75) is 44.7 Å². The topological polar surface area (TPSA) is 131 Å². The Morgan fingerprint density at radius 3 is 2.83 bits per heavy atom. The molecule has 2 heterocycles. The molecule has 1 fully saturated rings. The molecule has 0 unspecified atom stereocenters. The number of rotatable bonds is 12. The van der Waals surface area contributed by atoms with Crippen LogP contribution in [-0.2, 0) is 9.59 Å². The van der Waals surface area contributed by atoms with Gasteiger partial charge in [0.05, 0.1) is 23.5 Å². The van der Waals surface area contributed by atoms with Gasteiger partial charge in [0, 0.05) is 49.7 Å². The second-order valence-electron chi connectivity index (χ2n) is 10.2. The highest BCUT2D eigenvalue weighted by molar-refractivity contribution is 5.92. The number of hydrogen-bond acceptors (Lipinski definition) is 8. The van der Waals surface area contributed by atoms with E-state index in [4.69, 9.17) is 0 Å². The maximum Gasteiger partial charge on any atom is 0.246 e. The van der Waals surface area contributed by atoms with Gasteiger partial charge < -0.3 is 25.8 Å². The summed E-state index contributed by atoms with van der Waals surface area (Å²) >= 11 is 0. The molecule has 0 aliphatic heterocycles. The van der Waals surface area contributed by atoms with Gasteiger partial charge in [-0.25, -0.2) is 4.98 Å². The molecule has 11 heteroatoms. The maximum absolute atomic E-state index is 12.5. The molecule has 2 amide bonds. The third kappa shape index (κ3) is 8.28. The van der Waals surface area contributed by atoms with Gasteiger partial charge in [-0.05, 0) is 58.5 Å². The van der Waals surface area contributed by atoms with Crippen molar-refractivity contribution < 1.29 is 9.59 Å². The number of carbonyl (C=O) groups is 2. The van der Waals surface area contributed by atoms with Gasteiger partial charge >= 0.3 is 0 Å². The molecular formula is C29H37N9O2. The lowest BCUT2D eigenvalue weighted by molar-refractivity contribution is -0.135. The molecule has 40 heavy (non-hydrogen) atoms. The van der Waals surface area contributed by atoms with Gasteiger partial charge in [0.1, 0.15) is 11.9 Å². The molecule has 0 spiro atoms. The Morgan fingerprint density at radius 2 is 2.05 bits per heavy atom. The van der Waals surface area contributed by atoms with Gasteiger partial charge in [-0.15, -0.1) is 0 Å². The SMILES string of the molecule is C[C@@H](C(=O)NCCCC#Cc1cnc(Nc2ccc3cn[nH]c3c2)nc1NC1CC1)N(C)C(=O)/C=C/CN(C)C. The first kappa shape index (κ1) is 28.6. The second-order valence-corrected chi connectivity index (χ2v) is 10.2. The third-order valence-electron chi connectivity index (χ3n) is 6.44. The molecule has 3 aromatic rings. The molecule has 1 aliphatic rings. The summed E-state index contributed by atoms with van der Waals surface area (Å²) in [6, 6.07) is 5.75. The molecule has 4 N–H and O–H groups in total. The fourth-order valence-corrected chi connectivity index (χ4v) is 3.75. The fourth-order valence-electron chi connectivity index (χ4n) is 3.75. The van der Waals surface area contributed by atoms with Crippen LogP contribution in [0.5, 0.6) is 0 Å². The van der Waals surface area contributed by atoms with Crippen molar-refractivity contribution in [3.8, 4) is 11.8 Å². The lowest BCUT2D eigenvalue weighted by Gasteiger charge is -2.23. The Kier molecular flexibility index (Phi) is 9.70. The molecule has 4 rings (SSSR count). The summed E-state index contributed by atoms with van der Waals surface area (Å²) in [6.45, 7) is 2.86. The molecule has 1 aromatic carbocycles. The molecule has 0 bridgehead atoms. The number of nitrogens with zero attached hydrogens (tertiary/aromatic N) is 5. The minimum absolute atomic E-state index is 0.191. The molecule has 1 aliphatic carbocycles. The average Bonchev–Trinajstić information content (AvgIpc) is 3.63. The number of amides is 2. The molecule has 210 valence electrons. The Morgan fingerprint density at radius 1 is 1.23 bits per heavy atom. The summed E-state index contributed by atoms with van der Waals surface area (Å²) in [5, 5.41) is 17.6. The number of H-pyrrole nitrogens is 1. The van der Waals surface area contributed by atoms with E-state index in [1.54, 1.807) is 32.4 Å². The van der Waals surface area contributed by atoms with Gasteiger partial charge in [0.2, 0.25) is 17.8 Å². The van der Waals surface area contributed by atoms with E-state index in [1.807, 2.05) is 37.2 Å². The van der Waals surface area contributed by atoms with Crippen molar-refractivity contribution in [1.29, 1.82) is 0 Å². The predicted molar refractivity (Wildman–Crippen MR) is 157 cm³/mol. The van der Waals surface area contributed by atoms with E-state index in [1.165, 1.54) is 11.0 Å². The van der Waals surface area contributed by atoms with E-state index in [2.05, 4.69) is 48.0 Å². The highest BCUT2D eigenvalue weighted by atomic mass is 16.2. The standard InChI is InChI=1S/C29H37N9O2/c1-20(38(4)26(39)10-8-16-37(2)3)28(40)30-15-7-5-6-9-22-18-31-29(35-27(22)33-23-13-14-23)34-24-12-11-21-19-32-36-25(21)17-24/h8,10-12,17-20,23H,5,7,13-16H2,1-4H3,(H,30,40)(H,32,36)(H2,31,33,34,35)/b10-8+/t20-/m0/s1. The van der Waals surface area contributed by atoms with Crippen LogP contribution < -0.4 is 16.0 Å². The van der Waals surface area contributed by atoms with Crippen LogP contribution in [0.25, 0.3) is 10.9 Å². The summed E-state index contributed by atoms with van der Waals surface area (Å²) in [6.07, 6.45) is 10.3. The quantitative estimate of drug-likeness (QED) is 0.156. The average molecular weight is 544 g/mol. The summed E-state index contributed by atoms with van der Waals surface area (Å²) in [4.78, 5) is 37.3. The Bertz CT molecular complexity index is 1420. The minimum Gasteiger partial charge on any atom is -0.366 e. The Labute approximate surface area is 234 Å². The first-order valence-corrected chi connectivity index (χ1v) is 13.5. The van der Waals surface area contributed by atoms with Gasteiger partial charge in [-0.2, -0.15) is 10.1 Å². The number of aromatic amines is 1. The van der Waals surface area contributed by atoms with Crippen LogP contribution in [0.2, 0.25) is 0 Å². The largest absolute Gasteiger partial charge is 0.366 e. The van der Waals surface area contributed by atoms with Crippen LogP contribution >= 0.6 is 0 Å². The van der Waals surface area contributed by atoms with Gasteiger partial charge in [-0.1, -0.05) is 17.9 Å². The van der Waals surface area contributed by atoms with Crippen LogP contribution in [0.3, 0.4) is 0 Å². The van der Waals surface area contributed by atoms with Crippen molar-refractivity contribution in [3.63, 3.8) is 0 Å². The van der Waals surface area contributed by atoms with Gasteiger partial charge in [-0.3, -0.25) is 14.7 Å². The van der Waals surface area contributed by atoms with Crippen molar-refractivity contribution in [1.82, 2.24) is 35.3 Å². The molecule has 0 radical (unpaired) electrons. The van der Waals surface area contributed by atoms with E-state index in [0.29, 0.717) is 43.7 Å². The van der Waals surface area contributed by atoms with E-state index in [-0.39, 0.29) is 11.8 Å². The first-order valence-electron chi connectivity index (χ1n) is 13.5. The number of benzene rings is 1. The van der Waals surface area contributed by atoms with Crippen molar-refractivity contribution in [2.24, 2.45) is 0 Å². The predicted octanol–water partition coefficient (Wildman–Crippen LogP) is 2.88. The highest BCUT2D eigenvalue weighted by Gasteiger charge is 2.23. The van der Waals surface area contributed by atoms with E-state index in [9.17, 15) is 9.59 Å². The lowest BCUT2D eigenvalue weighted by atomic mass is 10.2.